The molecule has 2 aliphatic rings. The molecule has 2 saturated heterocycles. The summed E-state index contributed by atoms with van der Waals surface area (Å²) in [7, 11) is 0. The van der Waals surface area contributed by atoms with E-state index < -0.39 is 0 Å². The van der Waals surface area contributed by atoms with Crippen LogP contribution in [0.3, 0.4) is 0 Å². The molecule has 2 heterocycles. The molecule has 35 heavy (non-hydrogen) atoms. The fourth-order valence-electron chi connectivity index (χ4n) is 5.56. The number of hydrogen-bond acceptors (Lipinski definition) is 3. The maximum Gasteiger partial charge on any atom is 0.0820 e. The minimum atomic E-state index is -0.0311. The molecule has 0 saturated carbocycles. The Morgan fingerprint density at radius 1 is 0.943 bits per heavy atom. The molecule has 4 rings (SSSR count). The Balaban J connectivity index is 1.40. The number of likely N-dealkylation sites (tertiary alicyclic amines) is 1. The van der Waals surface area contributed by atoms with Crippen molar-refractivity contribution in [3.05, 3.63) is 108 Å². The second-order valence-corrected chi connectivity index (χ2v) is 10.7. The number of nitrogens with one attached hydrogen (secondary N) is 1. The van der Waals surface area contributed by atoms with Crippen molar-refractivity contribution in [2.45, 2.75) is 65.0 Å². The number of allylic oxidation sites excluding steroid dienone is 1. The predicted molar refractivity (Wildman–Crippen MR) is 149 cm³/mol. The first-order valence-corrected chi connectivity index (χ1v) is 13.4. The average Bonchev–Trinajstić information content (AvgIpc) is 2.85. The van der Waals surface area contributed by atoms with E-state index in [0.29, 0.717) is 5.92 Å². The van der Waals surface area contributed by atoms with Crippen molar-refractivity contribution in [1.82, 2.24) is 15.1 Å². The molecule has 3 heteroatoms. The lowest BCUT2D eigenvalue weighted by Gasteiger charge is -2.55. The third-order valence-corrected chi connectivity index (χ3v) is 7.60. The van der Waals surface area contributed by atoms with Gasteiger partial charge in [0, 0.05) is 31.9 Å². The number of piperazine rings is 1. The number of piperidine rings is 1. The van der Waals surface area contributed by atoms with Crippen LogP contribution in [0, 0.1) is 5.92 Å². The molecule has 3 nitrogen and oxygen atoms in total. The Morgan fingerprint density at radius 2 is 1.57 bits per heavy atom. The van der Waals surface area contributed by atoms with Crippen LogP contribution in [0.15, 0.2) is 90.9 Å². The van der Waals surface area contributed by atoms with E-state index in [9.17, 15) is 0 Å². The Hall–Kier alpha value is -2.78. The molecule has 1 spiro atoms. The van der Waals surface area contributed by atoms with Crippen LogP contribution in [-0.4, -0.2) is 35.0 Å². The van der Waals surface area contributed by atoms with Gasteiger partial charge in [-0.1, -0.05) is 101 Å². The monoisotopic (exact) mass is 469 g/mol. The van der Waals surface area contributed by atoms with E-state index >= 15 is 0 Å². The van der Waals surface area contributed by atoms with Gasteiger partial charge in [0.2, 0.25) is 0 Å². The highest BCUT2D eigenvalue weighted by Gasteiger charge is 2.46. The molecule has 2 fully saturated rings. The van der Waals surface area contributed by atoms with Crippen molar-refractivity contribution in [1.29, 1.82) is 0 Å². The van der Waals surface area contributed by atoms with E-state index in [1.807, 2.05) is 0 Å². The fourth-order valence-corrected chi connectivity index (χ4v) is 5.56. The second-order valence-electron chi connectivity index (χ2n) is 10.7. The Kier molecular flexibility index (Phi) is 8.18. The Morgan fingerprint density at radius 3 is 2.20 bits per heavy atom. The summed E-state index contributed by atoms with van der Waals surface area (Å²) in [5.41, 5.74) is 7.54. The second kappa shape index (κ2) is 11.3. The van der Waals surface area contributed by atoms with E-state index in [2.05, 4.69) is 110 Å². The van der Waals surface area contributed by atoms with Crippen LogP contribution in [0.25, 0.3) is 0 Å². The summed E-state index contributed by atoms with van der Waals surface area (Å²) in [5.74, 6) is 0.477. The van der Waals surface area contributed by atoms with Gasteiger partial charge in [0.25, 0.3) is 0 Å². The van der Waals surface area contributed by atoms with Crippen LogP contribution in [-0.2, 0) is 13.0 Å². The Labute approximate surface area is 213 Å². The first-order valence-electron chi connectivity index (χ1n) is 13.4. The highest BCUT2D eigenvalue weighted by atomic mass is 15.3. The predicted octanol–water partition coefficient (Wildman–Crippen LogP) is 6.88. The molecular weight excluding hydrogens is 426 g/mol. The lowest BCUT2D eigenvalue weighted by Crippen LogP contribution is -2.61. The molecule has 0 aliphatic carbocycles. The zero-order valence-electron chi connectivity index (χ0n) is 22.0. The molecule has 1 N–H and O–H groups in total. The molecule has 0 unspecified atom stereocenters. The first-order chi connectivity index (χ1) is 16.9. The van der Waals surface area contributed by atoms with E-state index in [0.717, 1.165) is 62.5 Å². The normalized spacial score (nSPS) is 19.5. The van der Waals surface area contributed by atoms with Crippen molar-refractivity contribution >= 4 is 0 Å². The minimum absolute atomic E-state index is 0.0311. The average molecular weight is 470 g/mol. The van der Waals surface area contributed by atoms with Crippen LogP contribution in [0.4, 0.5) is 0 Å². The van der Waals surface area contributed by atoms with Crippen molar-refractivity contribution in [3.63, 3.8) is 0 Å². The smallest absolute Gasteiger partial charge is 0.0820 e. The van der Waals surface area contributed by atoms with Gasteiger partial charge in [-0.2, -0.15) is 0 Å². The minimum Gasteiger partial charge on any atom is -0.359 e. The van der Waals surface area contributed by atoms with Gasteiger partial charge in [0.05, 0.1) is 16.9 Å². The summed E-state index contributed by atoms with van der Waals surface area (Å²) >= 11 is 0. The Bertz CT molecular complexity index is 1020. The summed E-state index contributed by atoms with van der Waals surface area (Å²) in [6, 6.07) is 19.9. The molecule has 0 aromatic heterocycles. The number of nitrogens with zero attached hydrogens (tertiary/aromatic N) is 2. The zero-order chi connectivity index (χ0) is 24.8. The number of hydrogen-bond donors (Lipinski definition) is 1. The standard InChI is InChI=1S/C32H43N3/c1-6-7-19-35-26(4)31(22-25(2)3)33-27(5)32(35)17-20-34(21-18-32)24-30-15-13-29(14-16-30)23-28-11-9-8-10-12-28/h8-16,22,25,33H,4-7,17-21,23-24H2,1-3H3/b31-22-. The van der Waals surface area contributed by atoms with Gasteiger partial charge in [-0.25, -0.2) is 0 Å². The van der Waals surface area contributed by atoms with E-state index in [1.54, 1.807) is 0 Å². The van der Waals surface area contributed by atoms with Crippen molar-refractivity contribution in [3.8, 4) is 0 Å². The largest absolute Gasteiger partial charge is 0.359 e. The molecule has 2 aromatic rings. The van der Waals surface area contributed by atoms with Gasteiger partial charge in [-0.15, -0.1) is 0 Å². The van der Waals surface area contributed by atoms with Gasteiger partial charge in [0.15, 0.2) is 0 Å². The third kappa shape index (κ3) is 5.90. The summed E-state index contributed by atoms with van der Waals surface area (Å²) in [6.07, 6.45) is 7.83. The molecular formula is C32H43N3. The molecule has 186 valence electrons. The highest BCUT2D eigenvalue weighted by molar-refractivity contribution is 5.40. The van der Waals surface area contributed by atoms with Crippen LogP contribution in [0.5, 0.6) is 0 Å². The van der Waals surface area contributed by atoms with Gasteiger partial charge in [-0.3, -0.25) is 4.90 Å². The maximum atomic E-state index is 4.54. The quantitative estimate of drug-likeness (QED) is 0.454. The molecule has 0 bridgehead atoms. The van der Waals surface area contributed by atoms with Gasteiger partial charge < -0.3 is 10.2 Å². The third-order valence-electron chi connectivity index (χ3n) is 7.60. The fraction of sp³-hybridized carbons (Fsp3) is 0.438. The van der Waals surface area contributed by atoms with E-state index in [-0.39, 0.29) is 5.54 Å². The highest BCUT2D eigenvalue weighted by Crippen LogP contribution is 2.42. The molecule has 0 atom stereocenters. The molecule has 2 aliphatic heterocycles. The maximum absolute atomic E-state index is 4.54. The molecule has 0 radical (unpaired) electrons. The molecule has 2 aromatic carbocycles. The van der Waals surface area contributed by atoms with Crippen molar-refractivity contribution in [2.24, 2.45) is 5.92 Å². The SMILES string of the molecule is C=C1/C(=C/C(C)C)NC(=C)C2(CCN(Cc3ccc(Cc4ccccc4)cc3)CC2)N1CCCC. The molecule has 0 amide bonds. The van der Waals surface area contributed by atoms with Crippen molar-refractivity contribution < 1.29 is 0 Å². The topological polar surface area (TPSA) is 18.5 Å². The van der Waals surface area contributed by atoms with Crippen LogP contribution >= 0.6 is 0 Å². The van der Waals surface area contributed by atoms with Crippen LogP contribution < -0.4 is 5.32 Å². The zero-order valence-corrected chi connectivity index (χ0v) is 22.0. The summed E-state index contributed by atoms with van der Waals surface area (Å²) in [5, 5.41) is 3.66. The van der Waals surface area contributed by atoms with Crippen LogP contribution in [0.1, 0.15) is 63.1 Å². The van der Waals surface area contributed by atoms with Gasteiger partial charge >= 0.3 is 0 Å². The summed E-state index contributed by atoms with van der Waals surface area (Å²) in [4.78, 5) is 5.18. The van der Waals surface area contributed by atoms with Crippen LogP contribution in [0.2, 0.25) is 0 Å². The number of rotatable bonds is 8. The first kappa shape index (κ1) is 25.3. The summed E-state index contributed by atoms with van der Waals surface area (Å²) in [6.45, 7) is 20.0. The van der Waals surface area contributed by atoms with Gasteiger partial charge in [0.1, 0.15) is 0 Å². The van der Waals surface area contributed by atoms with Crippen molar-refractivity contribution in [2.75, 3.05) is 19.6 Å². The lowest BCUT2D eigenvalue weighted by atomic mass is 9.79. The number of benzene rings is 2. The lowest BCUT2D eigenvalue weighted by molar-refractivity contribution is 0.0568. The number of unbranched alkanes of at least 4 members (excludes halogenated alkanes) is 1. The van der Waals surface area contributed by atoms with E-state index in [4.69, 9.17) is 0 Å². The van der Waals surface area contributed by atoms with Gasteiger partial charge in [-0.05, 0) is 48.3 Å². The summed E-state index contributed by atoms with van der Waals surface area (Å²) < 4.78 is 0. The van der Waals surface area contributed by atoms with E-state index in [1.165, 1.54) is 29.5 Å².